The Labute approximate surface area is 123 Å². The number of hydrogen-bond acceptors (Lipinski definition) is 4. The number of likely N-dealkylation sites (N-methyl/N-ethyl adjacent to an activating group) is 2. The number of rotatable bonds is 6. The maximum absolute atomic E-state index is 4.63. The lowest BCUT2D eigenvalue weighted by atomic mass is 10.0. The molecule has 0 saturated carbocycles. The van der Waals surface area contributed by atoms with E-state index in [4.69, 9.17) is 0 Å². The summed E-state index contributed by atoms with van der Waals surface area (Å²) in [5.74, 6) is 1.17. The number of nitrogens with one attached hydrogen (secondary N) is 1. The predicted octanol–water partition coefficient (Wildman–Crippen LogP) is 1.19. The molecule has 1 aromatic rings. The fourth-order valence-electron chi connectivity index (χ4n) is 2.97. The van der Waals surface area contributed by atoms with Gasteiger partial charge in [-0.05, 0) is 34.0 Å². The Hall–Kier alpha value is -0.910. The van der Waals surface area contributed by atoms with Crippen molar-refractivity contribution in [2.75, 3.05) is 40.3 Å². The third-order valence-corrected chi connectivity index (χ3v) is 4.26. The van der Waals surface area contributed by atoms with Crippen molar-refractivity contribution in [3.05, 3.63) is 18.2 Å². The standard InChI is InChI=1S/C15H29N5/c1-5-7-16-14(15-17-8-9-20(15)6-2)13-12-18(3)10-11-19(13)4/h8-9,13-14,16H,5-7,10-12H2,1-4H3. The molecule has 20 heavy (non-hydrogen) atoms. The first-order valence-corrected chi connectivity index (χ1v) is 7.80. The third-order valence-electron chi connectivity index (χ3n) is 4.26. The van der Waals surface area contributed by atoms with E-state index in [2.05, 4.69) is 58.8 Å². The van der Waals surface area contributed by atoms with E-state index in [0.29, 0.717) is 12.1 Å². The average Bonchev–Trinajstić information content (AvgIpc) is 2.91. The summed E-state index contributed by atoms with van der Waals surface area (Å²) in [5.41, 5.74) is 0. The van der Waals surface area contributed by atoms with Gasteiger partial charge in [0.25, 0.3) is 0 Å². The summed E-state index contributed by atoms with van der Waals surface area (Å²) in [7, 11) is 4.45. The minimum Gasteiger partial charge on any atom is -0.334 e. The highest BCUT2D eigenvalue weighted by atomic mass is 15.3. The first-order valence-electron chi connectivity index (χ1n) is 7.80. The van der Waals surface area contributed by atoms with E-state index >= 15 is 0 Å². The molecule has 1 aromatic heterocycles. The highest BCUT2D eigenvalue weighted by Crippen LogP contribution is 2.22. The molecule has 0 bridgehead atoms. The molecule has 0 spiro atoms. The van der Waals surface area contributed by atoms with E-state index < -0.39 is 0 Å². The molecule has 2 atom stereocenters. The normalized spacial score (nSPS) is 23.1. The number of piperazine rings is 1. The fraction of sp³-hybridized carbons (Fsp3) is 0.800. The van der Waals surface area contributed by atoms with Gasteiger partial charge in [-0.25, -0.2) is 4.98 Å². The van der Waals surface area contributed by atoms with Crippen LogP contribution in [0.4, 0.5) is 0 Å². The summed E-state index contributed by atoms with van der Waals surface area (Å²) in [6.07, 6.45) is 5.16. The Bertz CT molecular complexity index is 403. The lowest BCUT2D eigenvalue weighted by Crippen LogP contribution is -2.55. The lowest BCUT2D eigenvalue weighted by molar-refractivity contribution is 0.0844. The zero-order chi connectivity index (χ0) is 14.5. The second-order valence-electron chi connectivity index (χ2n) is 5.81. The van der Waals surface area contributed by atoms with Gasteiger partial charge in [-0.15, -0.1) is 0 Å². The summed E-state index contributed by atoms with van der Waals surface area (Å²) in [6.45, 7) is 9.77. The molecule has 1 saturated heterocycles. The van der Waals surface area contributed by atoms with Gasteiger partial charge in [-0.2, -0.15) is 0 Å². The van der Waals surface area contributed by atoms with Gasteiger partial charge < -0.3 is 14.8 Å². The third kappa shape index (κ3) is 3.40. The molecule has 2 rings (SSSR count). The Morgan fingerprint density at radius 2 is 2.15 bits per heavy atom. The predicted molar refractivity (Wildman–Crippen MR) is 82.9 cm³/mol. The summed E-state index contributed by atoms with van der Waals surface area (Å²) < 4.78 is 2.26. The number of imidazole rings is 1. The Balaban J connectivity index is 2.22. The monoisotopic (exact) mass is 279 g/mol. The van der Waals surface area contributed by atoms with Crippen LogP contribution in [-0.4, -0.2) is 65.7 Å². The highest BCUT2D eigenvalue weighted by molar-refractivity contribution is 5.05. The topological polar surface area (TPSA) is 36.3 Å². The maximum atomic E-state index is 4.63. The highest BCUT2D eigenvalue weighted by Gasteiger charge is 2.32. The van der Waals surface area contributed by atoms with Gasteiger partial charge >= 0.3 is 0 Å². The molecule has 5 nitrogen and oxygen atoms in total. The van der Waals surface area contributed by atoms with Crippen molar-refractivity contribution >= 4 is 0 Å². The Kier molecular flexibility index (Phi) is 5.57. The first kappa shape index (κ1) is 15.5. The van der Waals surface area contributed by atoms with Crippen LogP contribution in [0, 0.1) is 0 Å². The summed E-state index contributed by atoms with van der Waals surface area (Å²) in [6, 6.07) is 0.783. The van der Waals surface area contributed by atoms with Crippen LogP contribution in [-0.2, 0) is 6.54 Å². The molecule has 2 unspecified atom stereocenters. The Morgan fingerprint density at radius 1 is 1.35 bits per heavy atom. The molecule has 1 aliphatic rings. The first-order chi connectivity index (χ1) is 9.67. The van der Waals surface area contributed by atoms with Crippen LogP contribution < -0.4 is 5.32 Å². The van der Waals surface area contributed by atoms with Crippen LogP contribution in [0.2, 0.25) is 0 Å². The van der Waals surface area contributed by atoms with E-state index in [0.717, 1.165) is 39.1 Å². The second-order valence-corrected chi connectivity index (χ2v) is 5.81. The molecule has 5 heteroatoms. The van der Waals surface area contributed by atoms with Gasteiger partial charge in [-0.1, -0.05) is 6.92 Å². The van der Waals surface area contributed by atoms with Crippen molar-refractivity contribution in [1.29, 1.82) is 0 Å². The van der Waals surface area contributed by atoms with Gasteiger partial charge in [-0.3, -0.25) is 4.90 Å². The lowest BCUT2D eigenvalue weighted by Gasteiger charge is -2.42. The van der Waals surface area contributed by atoms with Crippen LogP contribution >= 0.6 is 0 Å². The zero-order valence-corrected chi connectivity index (χ0v) is 13.3. The number of aryl methyl sites for hydroxylation is 1. The Morgan fingerprint density at radius 3 is 2.85 bits per heavy atom. The van der Waals surface area contributed by atoms with Gasteiger partial charge in [0.1, 0.15) is 5.82 Å². The molecule has 2 heterocycles. The average molecular weight is 279 g/mol. The van der Waals surface area contributed by atoms with Gasteiger partial charge in [0.15, 0.2) is 0 Å². The van der Waals surface area contributed by atoms with E-state index in [9.17, 15) is 0 Å². The molecule has 1 N–H and O–H groups in total. The number of aromatic nitrogens is 2. The van der Waals surface area contributed by atoms with E-state index in [1.807, 2.05) is 6.20 Å². The molecular weight excluding hydrogens is 250 g/mol. The summed E-state index contributed by atoms with van der Waals surface area (Å²) in [5, 5.41) is 3.72. The number of nitrogens with zero attached hydrogens (tertiary/aromatic N) is 4. The molecule has 0 radical (unpaired) electrons. The van der Waals surface area contributed by atoms with Crippen molar-refractivity contribution in [3.8, 4) is 0 Å². The molecule has 0 aromatic carbocycles. The molecule has 114 valence electrons. The molecule has 0 amide bonds. The SMILES string of the molecule is CCCNC(c1nccn1CC)C1CN(C)CCN1C. The molecule has 1 fully saturated rings. The van der Waals surface area contributed by atoms with Crippen molar-refractivity contribution in [2.45, 2.75) is 38.9 Å². The van der Waals surface area contributed by atoms with Crippen molar-refractivity contribution in [2.24, 2.45) is 0 Å². The van der Waals surface area contributed by atoms with Gasteiger partial charge in [0.2, 0.25) is 0 Å². The van der Waals surface area contributed by atoms with Crippen LogP contribution in [0.5, 0.6) is 0 Å². The van der Waals surface area contributed by atoms with Crippen molar-refractivity contribution < 1.29 is 0 Å². The van der Waals surface area contributed by atoms with Crippen LogP contribution in [0.15, 0.2) is 12.4 Å². The van der Waals surface area contributed by atoms with Crippen molar-refractivity contribution in [1.82, 2.24) is 24.7 Å². The van der Waals surface area contributed by atoms with Crippen LogP contribution in [0.3, 0.4) is 0 Å². The smallest absolute Gasteiger partial charge is 0.127 e. The maximum Gasteiger partial charge on any atom is 0.127 e. The van der Waals surface area contributed by atoms with Gasteiger partial charge in [0, 0.05) is 44.6 Å². The molecule has 0 aliphatic carbocycles. The minimum absolute atomic E-state index is 0.303. The summed E-state index contributed by atoms with van der Waals surface area (Å²) >= 11 is 0. The summed E-state index contributed by atoms with van der Waals surface area (Å²) in [4.78, 5) is 9.53. The van der Waals surface area contributed by atoms with E-state index in [1.54, 1.807) is 0 Å². The fourth-order valence-corrected chi connectivity index (χ4v) is 2.97. The van der Waals surface area contributed by atoms with E-state index in [1.165, 1.54) is 5.82 Å². The van der Waals surface area contributed by atoms with Gasteiger partial charge in [0.05, 0.1) is 6.04 Å². The second kappa shape index (κ2) is 7.20. The largest absolute Gasteiger partial charge is 0.334 e. The van der Waals surface area contributed by atoms with Crippen LogP contribution in [0.25, 0.3) is 0 Å². The zero-order valence-electron chi connectivity index (χ0n) is 13.3. The van der Waals surface area contributed by atoms with Crippen molar-refractivity contribution in [3.63, 3.8) is 0 Å². The number of hydrogen-bond donors (Lipinski definition) is 1. The van der Waals surface area contributed by atoms with E-state index in [-0.39, 0.29) is 0 Å². The van der Waals surface area contributed by atoms with Crippen LogP contribution in [0.1, 0.15) is 32.1 Å². The molecular formula is C15H29N5. The quantitative estimate of drug-likeness (QED) is 0.848. The molecule has 1 aliphatic heterocycles. The minimum atomic E-state index is 0.303.